The van der Waals surface area contributed by atoms with E-state index in [1.807, 2.05) is 0 Å². The Balaban J connectivity index is 2.03. The number of benzene rings is 1. The van der Waals surface area contributed by atoms with Gasteiger partial charge in [-0.25, -0.2) is 8.78 Å². The molecule has 1 aromatic rings. The molecule has 1 N–H and O–H groups in total. The number of hydrogen-bond acceptors (Lipinski definition) is 1. The third-order valence-electron chi connectivity index (χ3n) is 2.90. The molecule has 1 aromatic carbocycles. The lowest BCUT2D eigenvalue weighted by molar-refractivity contribution is 0.460. The summed E-state index contributed by atoms with van der Waals surface area (Å²) in [5.74, 6) is -1.03. The quantitative estimate of drug-likeness (QED) is 0.786. The van der Waals surface area contributed by atoms with E-state index in [2.05, 4.69) is 5.32 Å². The molecular formula is C12H15F2N. The van der Waals surface area contributed by atoms with Gasteiger partial charge in [0.15, 0.2) is 0 Å². The van der Waals surface area contributed by atoms with Gasteiger partial charge in [0, 0.05) is 12.1 Å². The van der Waals surface area contributed by atoms with Crippen LogP contribution in [-0.2, 0) is 0 Å². The Labute approximate surface area is 88.5 Å². The number of anilines is 1. The standard InChI is InChI=1S/C12H15F2N/c13-9-6-7-12(11(14)8-9)15-10-4-2-1-3-5-10/h6-8,10,15H,1-5H2. The first-order valence-corrected chi connectivity index (χ1v) is 5.47. The predicted octanol–water partition coefficient (Wildman–Crippen LogP) is 3.71. The van der Waals surface area contributed by atoms with Crippen molar-refractivity contribution in [3.8, 4) is 0 Å². The SMILES string of the molecule is Fc1ccc(NC2CCCCC2)c(F)c1. The monoisotopic (exact) mass is 211 g/mol. The number of hydrogen-bond donors (Lipinski definition) is 1. The smallest absolute Gasteiger partial charge is 0.149 e. The highest BCUT2D eigenvalue weighted by Gasteiger charge is 2.14. The van der Waals surface area contributed by atoms with Crippen molar-refractivity contribution < 1.29 is 8.78 Å². The summed E-state index contributed by atoms with van der Waals surface area (Å²) in [5, 5.41) is 3.13. The first kappa shape index (κ1) is 10.4. The average Bonchev–Trinajstić information content (AvgIpc) is 2.24. The van der Waals surface area contributed by atoms with E-state index in [0.717, 1.165) is 18.9 Å². The van der Waals surface area contributed by atoms with E-state index in [-0.39, 0.29) is 0 Å². The van der Waals surface area contributed by atoms with Gasteiger partial charge < -0.3 is 5.32 Å². The van der Waals surface area contributed by atoms with Crippen LogP contribution >= 0.6 is 0 Å². The van der Waals surface area contributed by atoms with E-state index < -0.39 is 11.6 Å². The van der Waals surface area contributed by atoms with Crippen LogP contribution in [0.15, 0.2) is 18.2 Å². The molecule has 0 aromatic heterocycles. The summed E-state index contributed by atoms with van der Waals surface area (Å²) >= 11 is 0. The highest BCUT2D eigenvalue weighted by Crippen LogP contribution is 2.23. The van der Waals surface area contributed by atoms with Gasteiger partial charge in [-0.15, -0.1) is 0 Å². The van der Waals surface area contributed by atoms with Crippen LogP contribution in [0.5, 0.6) is 0 Å². The van der Waals surface area contributed by atoms with Crippen LogP contribution in [0.25, 0.3) is 0 Å². The molecule has 0 bridgehead atoms. The predicted molar refractivity (Wildman–Crippen MR) is 56.9 cm³/mol. The van der Waals surface area contributed by atoms with Crippen LogP contribution in [-0.4, -0.2) is 6.04 Å². The molecular weight excluding hydrogens is 196 g/mol. The van der Waals surface area contributed by atoms with Gasteiger partial charge in [0.1, 0.15) is 11.6 Å². The van der Waals surface area contributed by atoms with Crippen molar-refractivity contribution in [1.82, 2.24) is 0 Å². The second kappa shape index (κ2) is 4.60. The minimum atomic E-state index is -0.526. The van der Waals surface area contributed by atoms with E-state index in [9.17, 15) is 8.78 Å². The summed E-state index contributed by atoms with van der Waals surface area (Å²) in [7, 11) is 0. The van der Waals surface area contributed by atoms with Crippen molar-refractivity contribution in [2.45, 2.75) is 38.1 Å². The Morgan fingerprint density at radius 3 is 2.47 bits per heavy atom. The fourth-order valence-corrected chi connectivity index (χ4v) is 2.07. The van der Waals surface area contributed by atoms with Crippen molar-refractivity contribution in [1.29, 1.82) is 0 Å². The van der Waals surface area contributed by atoms with Crippen molar-refractivity contribution in [2.24, 2.45) is 0 Å². The van der Waals surface area contributed by atoms with Crippen LogP contribution < -0.4 is 5.32 Å². The van der Waals surface area contributed by atoms with Gasteiger partial charge in [0.05, 0.1) is 5.69 Å². The topological polar surface area (TPSA) is 12.0 Å². The van der Waals surface area contributed by atoms with Gasteiger partial charge in [-0.1, -0.05) is 19.3 Å². The zero-order valence-corrected chi connectivity index (χ0v) is 8.60. The van der Waals surface area contributed by atoms with Crippen molar-refractivity contribution >= 4 is 5.69 Å². The van der Waals surface area contributed by atoms with Crippen molar-refractivity contribution in [3.05, 3.63) is 29.8 Å². The van der Waals surface area contributed by atoms with E-state index >= 15 is 0 Å². The Morgan fingerprint density at radius 2 is 1.80 bits per heavy atom. The van der Waals surface area contributed by atoms with Gasteiger partial charge in [0.25, 0.3) is 0 Å². The fraction of sp³-hybridized carbons (Fsp3) is 0.500. The molecule has 0 heterocycles. The molecule has 1 aliphatic carbocycles. The lowest BCUT2D eigenvalue weighted by Gasteiger charge is -2.24. The molecule has 1 fully saturated rings. The minimum absolute atomic E-state index is 0.346. The van der Waals surface area contributed by atoms with Crippen molar-refractivity contribution in [2.75, 3.05) is 5.32 Å². The first-order chi connectivity index (χ1) is 7.25. The molecule has 1 nitrogen and oxygen atoms in total. The molecule has 2 rings (SSSR count). The van der Waals surface area contributed by atoms with Gasteiger partial charge in [0.2, 0.25) is 0 Å². The second-order valence-electron chi connectivity index (χ2n) is 4.10. The van der Waals surface area contributed by atoms with Crippen LogP contribution in [0, 0.1) is 11.6 Å². The van der Waals surface area contributed by atoms with Crippen LogP contribution in [0.4, 0.5) is 14.5 Å². The molecule has 0 aliphatic heterocycles. The maximum Gasteiger partial charge on any atom is 0.149 e. The van der Waals surface area contributed by atoms with Gasteiger partial charge >= 0.3 is 0 Å². The summed E-state index contributed by atoms with van der Waals surface area (Å²) < 4.78 is 26.0. The maximum atomic E-state index is 13.3. The summed E-state index contributed by atoms with van der Waals surface area (Å²) in [6.07, 6.45) is 5.82. The van der Waals surface area contributed by atoms with Crippen LogP contribution in [0.3, 0.4) is 0 Å². The Morgan fingerprint density at radius 1 is 1.07 bits per heavy atom. The zero-order chi connectivity index (χ0) is 10.7. The minimum Gasteiger partial charge on any atom is -0.380 e. The summed E-state index contributed by atoms with van der Waals surface area (Å²) in [6, 6.07) is 4.03. The normalized spacial score (nSPS) is 17.7. The largest absolute Gasteiger partial charge is 0.380 e. The Hall–Kier alpha value is -1.12. The molecule has 0 spiro atoms. The molecule has 82 valence electrons. The lowest BCUT2D eigenvalue weighted by atomic mass is 9.95. The summed E-state index contributed by atoms with van der Waals surface area (Å²) in [6.45, 7) is 0. The van der Waals surface area contributed by atoms with Crippen LogP contribution in [0.1, 0.15) is 32.1 Å². The molecule has 1 saturated carbocycles. The van der Waals surface area contributed by atoms with E-state index in [1.54, 1.807) is 0 Å². The lowest BCUT2D eigenvalue weighted by Crippen LogP contribution is -2.22. The van der Waals surface area contributed by atoms with Gasteiger partial charge in [-0.2, -0.15) is 0 Å². The van der Waals surface area contributed by atoms with E-state index in [0.29, 0.717) is 11.7 Å². The number of halogens is 2. The third kappa shape index (κ3) is 2.67. The average molecular weight is 211 g/mol. The second-order valence-corrected chi connectivity index (χ2v) is 4.10. The fourth-order valence-electron chi connectivity index (χ4n) is 2.07. The van der Waals surface area contributed by atoms with Crippen LogP contribution in [0.2, 0.25) is 0 Å². The zero-order valence-electron chi connectivity index (χ0n) is 8.60. The van der Waals surface area contributed by atoms with Crippen molar-refractivity contribution in [3.63, 3.8) is 0 Å². The van der Waals surface area contributed by atoms with Gasteiger partial charge in [-0.3, -0.25) is 0 Å². The van der Waals surface area contributed by atoms with E-state index in [4.69, 9.17) is 0 Å². The molecule has 15 heavy (non-hydrogen) atoms. The maximum absolute atomic E-state index is 13.3. The first-order valence-electron chi connectivity index (χ1n) is 5.47. The molecule has 0 radical (unpaired) electrons. The third-order valence-corrected chi connectivity index (χ3v) is 2.90. The molecule has 1 aliphatic rings. The highest BCUT2D eigenvalue weighted by molar-refractivity contribution is 5.45. The molecule has 0 amide bonds. The highest BCUT2D eigenvalue weighted by atomic mass is 19.1. The van der Waals surface area contributed by atoms with Gasteiger partial charge in [-0.05, 0) is 25.0 Å². The molecule has 0 saturated heterocycles. The summed E-state index contributed by atoms with van der Waals surface area (Å²) in [4.78, 5) is 0. The Bertz CT molecular complexity index is 332. The number of rotatable bonds is 2. The molecule has 0 atom stereocenters. The number of nitrogens with one attached hydrogen (secondary N) is 1. The molecule has 3 heteroatoms. The Kier molecular flexibility index (Phi) is 3.19. The van der Waals surface area contributed by atoms with E-state index in [1.165, 1.54) is 31.4 Å². The summed E-state index contributed by atoms with van der Waals surface area (Å²) in [5.41, 5.74) is 0.420. The molecule has 0 unspecified atom stereocenters.